The fourth-order valence-corrected chi connectivity index (χ4v) is 7.89. The number of carbonyl (C=O) groups excluding carboxylic acids is 6. The monoisotopic (exact) mass is 852 g/mol. The van der Waals surface area contributed by atoms with Gasteiger partial charge in [-0.15, -0.1) is 0 Å². The van der Waals surface area contributed by atoms with E-state index in [2.05, 4.69) is 10.6 Å². The topological polar surface area (TPSA) is 151 Å². The highest BCUT2D eigenvalue weighted by molar-refractivity contribution is 6.46. The number of anilines is 2. The van der Waals surface area contributed by atoms with Crippen LogP contribution in [-0.2, 0) is 35.2 Å². The second-order valence-corrected chi connectivity index (χ2v) is 16.0. The van der Waals surface area contributed by atoms with Crippen LogP contribution in [0.5, 0.6) is 11.5 Å². The van der Waals surface area contributed by atoms with E-state index in [9.17, 15) is 28.8 Å². The van der Waals surface area contributed by atoms with Gasteiger partial charge in [-0.2, -0.15) is 0 Å². The summed E-state index contributed by atoms with van der Waals surface area (Å²) in [7, 11) is 3.13. The average molecular weight is 853 g/mol. The van der Waals surface area contributed by atoms with E-state index in [1.807, 2.05) is 24.3 Å². The van der Waals surface area contributed by atoms with Gasteiger partial charge in [-0.25, -0.2) is 0 Å². The quantitative estimate of drug-likeness (QED) is 0.0776. The maximum atomic E-state index is 13.7. The largest absolute Gasteiger partial charge is 0.497 e. The number of ketones is 2. The van der Waals surface area contributed by atoms with Gasteiger partial charge in [-0.3, -0.25) is 38.6 Å². The molecule has 2 fully saturated rings. The van der Waals surface area contributed by atoms with Crippen molar-refractivity contribution in [2.24, 2.45) is 0 Å². The molecule has 4 aromatic carbocycles. The number of hydrogen-bond donors (Lipinski definition) is 2. The first-order chi connectivity index (χ1) is 30.6. The van der Waals surface area contributed by atoms with Crippen molar-refractivity contribution in [3.05, 3.63) is 131 Å². The summed E-state index contributed by atoms with van der Waals surface area (Å²) in [5.41, 5.74) is 3.99. The van der Waals surface area contributed by atoms with Crippen molar-refractivity contribution in [1.29, 1.82) is 0 Å². The predicted octanol–water partition coefficient (Wildman–Crippen LogP) is 7.42. The van der Waals surface area contributed by atoms with Gasteiger partial charge in [0.05, 0.1) is 14.2 Å². The number of benzene rings is 4. The highest BCUT2D eigenvalue weighted by Gasteiger charge is 2.27. The van der Waals surface area contributed by atoms with Gasteiger partial charge in [-0.05, 0) is 115 Å². The number of nitrogens with one attached hydrogen (secondary N) is 2. The maximum absolute atomic E-state index is 13.7. The Morgan fingerprint density at radius 3 is 1.19 bits per heavy atom. The van der Waals surface area contributed by atoms with Crippen LogP contribution < -0.4 is 29.9 Å². The van der Waals surface area contributed by atoms with Gasteiger partial charge in [0.1, 0.15) is 24.6 Å². The summed E-state index contributed by atoms with van der Waals surface area (Å²) in [5, 5.41) is 6.10. The molecule has 0 aromatic heterocycles. The van der Waals surface area contributed by atoms with Crippen LogP contribution in [0.1, 0.15) is 86.5 Å². The SMILES string of the molecule is COc1ccc(/C=C/C(=O)C(=O)N(CC(=O)NC2CCCCC2)c2ccc(Cc3ccc(N(CC(=O)NC4CCCCC4)C(=O)C(=O)/C=C/c4ccc(OC)cc4)cc3)cc2)cc1. The molecule has 328 valence electrons. The minimum absolute atomic E-state index is 0.0361. The number of methoxy groups -OCH3 is 2. The molecule has 2 aliphatic rings. The Morgan fingerprint density at radius 2 is 0.857 bits per heavy atom. The molecule has 12 nitrogen and oxygen atoms in total. The fraction of sp³-hybridized carbons (Fsp3) is 0.333. The van der Waals surface area contributed by atoms with Crippen molar-refractivity contribution < 1.29 is 38.2 Å². The highest BCUT2D eigenvalue weighted by atomic mass is 16.5. The molecule has 0 saturated heterocycles. The second-order valence-electron chi connectivity index (χ2n) is 16.0. The Hall–Kier alpha value is -6.82. The number of amides is 4. The van der Waals surface area contributed by atoms with Crippen LogP contribution in [0, 0.1) is 0 Å². The van der Waals surface area contributed by atoms with Crippen molar-refractivity contribution in [2.45, 2.75) is 82.7 Å². The van der Waals surface area contributed by atoms with E-state index < -0.39 is 23.4 Å². The number of nitrogens with zero attached hydrogens (tertiary/aromatic N) is 2. The highest BCUT2D eigenvalue weighted by Crippen LogP contribution is 2.23. The molecule has 0 unspecified atom stereocenters. The molecule has 0 atom stereocenters. The van der Waals surface area contributed by atoms with Gasteiger partial charge < -0.3 is 20.1 Å². The van der Waals surface area contributed by atoms with Gasteiger partial charge in [-0.1, -0.05) is 99.2 Å². The van der Waals surface area contributed by atoms with Gasteiger partial charge in [0.2, 0.25) is 23.4 Å². The van der Waals surface area contributed by atoms with Crippen LogP contribution in [0.15, 0.2) is 109 Å². The number of carbonyl (C=O) groups is 6. The third kappa shape index (κ3) is 13.6. The zero-order valence-electron chi connectivity index (χ0n) is 36.1. The van der Waals surface area contributed by atoms with E-state index in [1.165, 1.54) is 22.0 Å². The smallest absolute Gasteiger partial charge is 0.299 e. The van der Waals surface area contributed by atoms with Crippen LogP contribution in [0.25, 0.3) is 12.2 Å². The first-order valence-corrected chi connectivity index (χ1v) is 21.7. The summed E-state index contributed by atoms with van der Waals surface area (Å²) >= 11 is 0. The average Bonchev–Trinajstić information content (AvgIpc) is 3.32. The minimum atomic E-state index is -0.830. The van der Waals surface area contributed by atoms with Gasteiger partial charge in [0, 0.05) is 23.5 Å². The predicted molar refractivity (Wildman–Crippen MR) is 244 cm³/mol. The summed E-state index contributed by atoms with van der Waals surface area (Å²) in [6.45, 7) is -0.627. The Kier molecular flexibility index (Phi) is 16.6. The molecular weight excluding hydrogens is 797 g/mol. The van der Waals surface area contributed by atoms with E-state index in [4.69, 9.17) is 9.47 Å². The van der Waals surface area contributed by atoms with Crippen molar-refractivity contribution in [2.75, 3.05) is 37.1 Å². The zero-order chi connectivity index (χ0) is 44.6. The Balaban J connectivity index is 1.16. The summed E-state index contributed by atoms with van der Waals surface area (Å²) in [6.07, 6.45) is 15.9. The molecule has 4 aromatic rings. The Bertz CT molecular complexity index is 2090. The summed E-state index contributed by atoms with van der Waals surface area (Å²) in [4.78, 5) is 82.8. The van der Waals surface area contributed by atoms with E-state index in [0.29, 0.717) is 40.4 Å². The molecule has 0 radical (unpaired) electrons. The van der Waals surface area contributed by atoms with Gasteiger partial charge in [0.25, 0.3) is 11.8 Å². The first kappa shape index (κ1) is 45.7. The lowest BCUT2D eigenvalue weighted by Gasteiger charge is -2.26. The molecule has 4 amide bonds. The molecule has 12 heteroatoms. The maximum Gasteiger partial charge on any atom is 0.299 e. The second kappa shape index (κ2) is 22.9. The molecule has 0 spiro atoms. The summed E-state index contributed by atoms with van der Waals surface area (Å²) in [5.74, 6) is -2.54. The minimum Gasteiger partial charge on any atom is -0.497 e. The standard InChI is InChI=1S/C51H56N4O8/c1-62-44-27-17-36(18-28-44)21-31-46(56)50(60)54(34-48(58)52-40-9-5-3-6-10-40)42-23-13-38(14-24-42)33-39-15-25-43(26-16-39)55(35-49(59)53-41-11-7-4-8-12-41)51(61)47(57)32-22-37-19-29-45(63-2)30-20-37/h13-32,40-41H,3-12,33-35H2,1-2H3,(H,52,58)(H,53,59)/b31-21+,32-22+. The van der Waals surface area contributed by atoms with Crippen LogP contribution in [0.3, 0.4) is 0 Å². The number of hydrogen-bond acceptors (Lipinski definition) is 8. The van der Waals surface area contributed by atoms with Crippen molar-refractivity contribution in [3.63, 3.8) is 0 Å². The first-order valence-electron chi connectivity index (χ1n) is 21.7. The normalized spacial score (nSPS) is 14.5. The Labute approximate surface area is 369 Å². The lowest BCUT2D eigenvalue weighted by Crippen LogP contribution is -2.46. The van der Waals surface area contributed by atoms with Crippen LogP contribution in [0.2, 0.25) is 0 Å². The van der Waals surface area contributed by atoms with Gasteiger partial charge >= 0.3 is 0 Å². The van der Waals surface area contributed by atoms with Crippen LogP contribution >= 0.6 is 0 Å². The number of ether oxygens (including phenoxy) is 2. The van der Waals surface area contributed by atoms with E-state index in [1.54, 1.807) is 99.2 Å². The molecule has 2 aliphatic carbocycles. The third-order valence-corrected chi connectivity index (χ3v) is 11.4. The van der Waals surface area contributed by atoms with Crippen LogP contribution in [0.4, 0.5) is 11.4 Å². The molecule has 2 N–H and O–H groups in total. The van der Waals surface area contributed by atoms with E-state index in [-0.39, 0.29) is 37.0 Å². The molecule has 2 saturated carbocycles. The number of rotatable bonds is 18. The van der Waals surface area contributed by atoms with Crippen molar-refractivity contribution in [1.82, 2.24) is 10.6 Å². The Morgan fingerprint density at radius 1 is 0.508 bits per heavy atom. The molecule has 0 heterocycles. The molecule has 6 rings (SSSR count). The lowest BCUT2D eigenvalue weighted by molar-refractivity contribution is -0.134. The fourth-order valence-electron chi connectivity index (χ4n) is 7.89. The molecule has 63 heavy (non-hydrogen) atoms. The van der Waals surface area contributed by atoms with Crippen molar-refractivity contribution >= 4 is 58.7 Å². The molecule has 0 aliphatic heterocycles. The van der Waals surface area contributed by atoms with E-state index >= 15 is 0 Å². The summed E-state index contributed by atoms with van der Waals surface area (Å²) < 4.78 is 10.4. The molecular formula is C51H56N4O8. The third-order valence-electron chi connectivity index (χ3n) is 11.4. The summed E-state index contributed by atoms with van der Waals surface area (Å²) in [6, 6.07) is 28.4. The zero-order valence-corrected chi connectivity index (χ0v) is 36.1. The van der Waals surface area contributed by atoms with Gasteiger partial charge in [0.15, 0.2) is 0 Å². The van der Waals surface area contributed by atoms with Crippen LogP contribution in [-0.4, -0.2) is 74.6 Å². The van der Waals surface area contributed by atoms with Crippen molar-refractivity contribution in [3.8, 4) is 11.5 Å². The lowest BCUT2D eigenvalue weighted by atomic mass is 9.95. The molecule has 0 bridgehead atoms. The van der Waals surface area contributed by atoms with E-state index in [0.717, 1.165) is 75.3 Å².